The molecule has 0 saturated carbocycles. The highest BCUT2D eigenvalue weighted by molar-refractivity contribution is 6.04. The molecule has 0 unspecified atom stereocenters. The molecule has 0 aliphatic heterocycles. The van der Waals surface area contributed by atoms with Crippen LogP contribution in [0.15, 0.2) is 91.0 Å². The second kappa shape index (κ2) is 8.27. The Kier molecular flexibility index (Phi) is 5.39. The Morgan fingerprint density at radius 3 is 1.48 bits per heavy atom. The highest BCUT2D eigenvalue weighted by Crippen LogP contribution is 2.44. The molecule has 4 rings (SSSR count). The first-order chi connectivity index (χ1) is 14.1. The van der Waals surface area contributed by atoms with E-state index in [-0.39, 0.29) is 12.2 Å². The Morgan fingerprint density at radius 2 is 1.03 bits per heavy atom. The van der Waals surface area contributed by atoms with Crippen LogP contribution < -0.4 is 5.11 Å². The van der Waals surface area contributed by atoms with Gasteiger partial charge in [-0.15, -0.1) is 0 Å². The minimum atomic E-state index is -1.17. The normalized spacial score (nSPS) is 19.0. The van der Waals surface area contributed by atoms with Crippen molar-refractivity contribution in [3.05, 3.63) is 108 Å². The maximum absolute atomic E-state index is 13.2. The highest BCUT2D eigenvalue weighted by Gasteiger charge is 2.36. The summed E-state index contributed by atoms with van der Waals surface area (Å²) in [5.41, 5.74) is 4.56. The van der Waals surface area contributed by atoms with Crippen LogP contribution in [-0.2, 0) is 4.79 Å². The number of carbonyl (C=O) groups is 2. The Hall–Kier alpha value is -3.46. The van der Waals surface area contributed by atoms with Crippen molar-refractivity contribution in [3.63, 3.8) is 0 Å². The Labute approximate surface area is 170 Å². The van der Waals surface area contributed by atoms with Crippen molar-refractivity contribution in [3.8, 4) is 0 Å². The van der Waals surface area contributed by atoms with Crippen LogP contribution in [0.4, 0.5) is 0 Å². The topological polar surface area (TPSA) is 57.2 Å². The van der Waals surface area contributed by atoms with E-state index in [1.807, 2.05) is 66.7 Å². The van der Waals surface area contributed by atoms with Crippen LogP contribution in [0.1, 0.15) is 34.3 Å². The number of Topliss-reactive ketones (excluding diaryl/α,β-unsaturated/α-hetero) is 1. The number of carbonyl (C=O) groups excluding carboxylic acids is 2. The molecule has 1 aliphatic rings. The van der Waals surface area contributed by atoms with Crippen LogP contribution in [0.5, 0.6) is 0 Å². The molecule has 1 aliphatic carbocycles. The summed E-state index contributed by atoms with van der Waals surface area (Å²) < 4.78 is 0. The molecule has 3 aromatic carbocycles. The van der Waals surface area contributed by atoms with Crippen LogP contribution in [0, 0.1) is 11.8 Å². The molecule has 29 heavy (non-hydrogen) atoms. The number of hydrogen-bond acceptors (Lipinski definition) is 3. The number of hydrogen-bond donors (Lipinski definition) is 0. The molecule has 0 saturated heterocycles. The molecule has 0 spiro atoms. The molecule has 0 aromatic heterocycles. The fraction of sp³-hybridized carbons (Fsp3) is 0.154. The van der Waals surface area contributed by atoms with Gasteiger partial charge < -0.3 is 9.90 Å². The summed E-state index contributed by atoms with van der Waals surface area (Å²) in [5, 5.41) is 12.0. The van der Waals surface area contributed by atoms with Crippen molar-refractivity contribution in [2.24, 2.45) is 11.8 Å². The van der Waals surface area contributed by atoms with Gasteiger partial charge in [0.15, 0.2) is 5.78 Å². The van der Waals surface area contributed by atoms with E-state index in [1.165, 1.54) is 0 Å². The van der Waals surface area contributed by atoms with Crippen LogP contribution in [0.25, 0.3) is 11.1 Å². The zero-order chi connectivity index (χ0) is 20.2. The molecule has 0 amide bonds. The summed E-state index contributed by atoms with van der Waals surface area (Å²) >= 11 is 0. The maximum Gasteiger partial charge on any atom is 0.166 e. The molecular formula is C26H21O3-. The van der Waals surface area contributed by atoms with Gasteiger partial charge in [0.2, 0.25) is 0 Å². The first kappa shape index (κ1) is 18.9. The van der Waals surface area contributed by atoms with E-state index in [2.05, 4.69) is 0 Å². The lowest BCUT2D eigenvalue weighted by atomic mass is 9.70. The third-order valence-corrected chi connectivity index (χ3v) is 5.64. The van der Waals surface area contributed by atoms with Crippen LogP contribution >= 0.6 is 0 Å². The SMILES string of the molecule is O=C([O-])[C@H]1CC(c2ccccc2)=C(c2ccccc2)C[C@@H]1C(=O)c1ccccc1. The summed E-state index contributed by atoms with van der Waals surface area (Å²) in [6, 6.07) is 28.6. The number of carboxylic acids is 1. The standard InChI is InChI=1S/C26H22O3/c27-25(20-14-8-3-9-15-20)23-16-21(18-10-4-1-5-11-18)22(17-24(23)26(28)29)19-12-6-2-7-13-19/h1-15,23-24H,16-17H2,(H,28,29)/p-1/t23-,24-/m0/s1. The molecular weight excluding hydrogens is 360 g/mol. The molecule has 2 atom stereocenters. The summed E-state index contributed by atoms with van der Waals surface area (Å²) in [6.45, 7) is 0. The van der Waals surface area contributed by atoms with Gasteiger partial charge in [-0.05, 0) is 35.1 Å². The molecule has 3 nitrogen and oxygen atoms in total. The quantitative estimate of drug-likeness (QED) is 0.621. The second-order valence-electron chi connectivity index (χ2n) is 7.36. The summed E-state index contributed by atoms with van der Waals surface area (Å²) in [7, 11) is 0. The number of allylic oxidation sites excluding steroid dienone is 2. The zero-order valence-electron chi connectivity index (χ0n) is 16.0. The van der Waals surface area contributed by atoms with E-state index in [0.29, 0.717) is 12.0 Å². The smallest absolute Gasteiger partial charge is 0.166 e. The maximum atomic E-state index is 13.2. The van der Waals surface area contributed by atoms with E-state index in [0.717, 1.165) is 22.3 Å². The molecule has 3 aromatic rings. The summed E-state index contributed by atoms with van der Waals surface area (Å²) in [6.07, 6.45) is 0.653. The number of carboxylic acid groups (broad SMARTS) is 1. The van der Waals surface area contributed by atoms with Gasteiger partial charge in [-0.25, -0.2) is 0 Å². The van der Waals surface area contributed by atoms with E-state index in [9.17, 15) is 14.7 Å². The average Bonchev–Trinajstić information content (AvgIpc) is 2.79. The summed E-state index contributed by atoms with van der Waals surface area (Å²) in [4.78, 5) is 25.3. The average molecular weight is 381 g/mol. The fourth-order valence-corrected chi connectivity index (χ4v) is 4.17. The monoisotopic (exact) mass is 381 g/mol. The van der Waals surface area contributed by atoms with Crippen molar-refractivity contribution < 1.29 is 14.7 Å². The number of aliphatic carboxylic acids is 1. The van der Waals surface area contributed by atoms with Crippen molar-refractivity contribution in [1.82, 2.24) is 0 Å². The number of benzene rings is 3. The molecule has 3 heteroatoms. The predicted molar refractivity (Wildman–Crippen MR) is 112 cm³/mol. The van der Waals surface area contributed by atoms with Gasteiger partial charge in [-0.2, -0.15) is 0 Å². The van der Waals surface area contributed by atoms with Gasteiger partial charge in [-0.1, -0.05) is 91.0 Å². The molecule has 0 radical (unpaired) electrons. The van der Waals surface area contributed by atoms with Crippen molar-refractivity contribution >= 4 is 22.9 Å². The summed E-state index contributed by atoms with van der Waals surface area (Å²) in [5.74, 6) is -2.81. The Bertz CT molecular complexity index is 1040. The van der Waals surface area contributed by atoms with Crippen LogP contribution in [-0.4, -0.2) is 11.8 Å². The number of ketones is 1. The molecule has 0 heterocycles. The zero-order valence-corrected chi connectivity index (χ0v) is 16.0. The van der Waals surface area contributed by atoms with Gasteiger partial charge in [0.1, 0.15) is 0 Å². The molecule has 0 N–H and O–H groups in total. The molecule has 0 fully saturated rings. The van der Waals surface area contributed by atoms with Gasteiger partial charge in [0.05, 0.1) is 0 Å². The van der Waals surface area contributed by atoms with Gasteiger partial charge in [0, 0.05) is 23.4 Å². The highest BCUT2D eigenvalue weighted by atomic mass is 16.4. The molecule has 144 valence electrons. The van der Waals surface area contributed by atoms with E-state index in [1.54, 1.807) is 24.3 Å². The number of rotatable bonds is 5. The lowest BCUT2D eigenvalue weighted by Crippen LogP contribution is -2.41. The van der Waals surface area contributed by atoms with E-state index in [4.69, 9.17) is 0 Å². The molecule has 0 bridgehead atoms. The first-order valence-electron chi connectivity index (χ1n) is 9.78. The van der Waals surface area contributed by atoms with Gasteiger partial charge >= 0.3 is 0 Å². The van der Waals surface area contributed by atoms with Crippen molar-refractivity contribution in [2.75, 3.05) is 0 Å². The lowest BCUT2D eigenvalue weighted by Gasteiger charge is -2.35. The minimum absolute atomic E-state index is 0.139. The Balaban J connectivity index is 1.83. The first-order valence-corrected chi connectivity index (χ1v) is 9.78. The minimum Gasteiger partial charge on any atom is -0.550 e. The third kappa shape index (κ3) is 3.90. The second-order valence-corrected chi connectivity index (χ2v) is 7.36. The van der Waals surface area contributed by atoms with Crippen LogP contribution in [0.3, 0.4) is 0 Å². The third-order valence-electron chi connectivity index (χ3n) is 5.64. The van der Waals surface area contributed by atoms with Gasteiger partial charge in [0.25, 0.3) is 0 Å². The van der Waals surface area contributed by atoms with Crippen molar-refractivity contribution in [2.45, 2.75) is 12.8 Å². The fourth-order valence-electron chi connectivity index (χ4n) is 4.17. The Morgan fingerprint density at radius 1 is 0.621 bits per heavy atom. The van der Waals surface area contributed by atoms with E-state index >= 15 is 0 Å². The van der Waals surface area contributed by atoms with E-state index < -0.39 is 17.8 Å². The van der Waals surface area contributed by atoms with Crippen molar-refractivity contribution in [1.29, 1.82) is 0 Å². The van der Waals surface area contributed by atoms with Gasteiger partial charge in [-0.3, -0.25) is 4.79 Å². The lowest BCUT2D eigenvalue weighted by molar-refractivity contribution is -0.312. The van der Waals surface area contributed by atoms with Crippen LogP contribution in [0.2, 0.25) is 0 Å². The predicted octanol–water partition coefficient (Wildman–Crippen LogP) is 4.26. The largest absolute Gasteiger partial charge is 0.550 e.